The lowest BCUT2D eigenvalue weighted by molar-refractivity contribution is 0.101. The third-order valence-electron chi connectivity index (χ3n) is 2.95. The first-order valence-electron chi connectivity index (χ1n) is 6.78. The van der Waals surface area contributed by atoms with Gasteiger partial charge in [0.15, 0.2) is 5.78 Å². The second-order valence-electron chi connectivity index (χ2n) is 4.78. The van der Waals surface area contributed by atoms with E-state index in [2.05, 4.69) is 4.98 Å². The average Bonchev–Trinajstić information content (AvgIpc) is 2.85. The number of carbonyl (C=O) groups is 1. The number of hydrogen-bond acceptors (Lipinski definition) is 5. The first kappa shape index (κ1) is 15.7. The fourth-order valence-electron chi connectivity index (χ4n) is 1.91. The van der Waals surface area contributed by atoms with Crippen molar-refractivity contribution in [3.8, 4) is 5.75 Å². The van der Waals surface area contributed by atoms with Crippen LogP contribution in [0.25, 0.3) is 0 Å². The fraction of sp³-hybridized carbons (Fsp3) is 0.375. The zero-order valence-corrected chi connectivity index (χ0v) is 13.3. The fourth-order valence-corrected chi connectivity index (χ4v) is 2.85. The Morgan fingerprint density at radius 1 is 1.29 bits per heavy atom. The number of nitrogens with zero attached hydrogens (tertiary/aromatic N) is 1. The molecule has 0 atom stereocenters. The van der Waals surface area contributed by atoms with Crippen molar-refractivity contribution in [3.05, 3.63) is 45.4 Å². The molecule has 0 fully saturated rings. The summed E-state index contributed by atoms with van der Waals surface area (Å²) in [6.45, 7) is 4.50. The van der Waals surface area contributed by atoms with Gasteiger partial charge in [-0.1, -0.05) is 17.7 Å². The highest BCUT2D eigenvalue weighted by Crippen LogP contribution is 2.21. The minimum Gasteiger partial charge on any atom is -0.493 e. The van der Waals surface area contributed by atoms with Crippen molar-refractivity contribution >= 4 is 17.1 Å². The van der Waals surface area contributed by atoms with Crippen LogP contribution in [0.2, 0.25) is 0 Å². The summed E-state index contributed by atoms with van der Waals surface area (Å²) in [4.78, 5) is 16.7. The van der Waals surface area contributed by atoms with E-state index in [4.69, 9.17) is 9.47 Å². The van der Waals surface area contributed by atoms with E-state index in [1.54, 1.807) is 14.0 Å². The van der Waals surface area contributed by atoms with E-state index in [0.29, 0.717) is 24.5 Å². The van der Waals surface area contributed by atoms with E-state index in [1.165, 1.54) is 16.9 Å². The Kier molecular flexibility index (Phi) is 5.47. The molecule has 1 aromatic carbocycles. The van der Waals surface area contributed by atoms with Gasteiger partial charge in [0.05, 0.1) is 28.8 Å². The number of methoxy groups -OCH3 is 1. The van der Waals surface area contributed by atoms with Gasteiger partial charge in [0, 0.05) is 20.5 Å². The predicted molar refractivity (Wildman–Crippen MR) is 83.2 cm³/mol. The molecular formula is C16H19NO3S. The Morgan fingerprint density at radius 2 is 2.00 bits per heavy atom. The maximum atomic E-state index is 11.6. The molecule has 0 radical (unpaired) electrons. The molecule has 0 aliphatic carbocycles. The predicted octanol–water partition coefficient (Wildman–Crippen LogP) is 3.42. The van der Waals surface area contributed by atoms with Crippen molar-refractivity contribution in [3.63, 3.8) is 0 Å². The van der Waals surface area contributed by atoms with Gasteiger partial charge in [-0.2, -0.15) is 0 Å². The lowest BCUT2D eigenvalue weighted by Gasteiger charge is -2.04. The number of ether oxygens (including phenoxy) is 2. The molecule has 112 valence electrons. The summed E-state index contributed by atoms with van der Waals surface area (Å²) in [5, 5.41) is 0.902. The van der Waals surface area contributed by atoms with Crippen molar-refractivity contribution in [2.75, 3.05) is 13.7 Å². The summed E-state index contributed by atoms with van der Waals surface area (Å²) >= 11 is 1.42. The molecule has 0 aliphatic heterocycles. The molecule has 0 saturated carbocycles. The molecule has 5 heteroatoms. The van der Waals surface area contributed by atoms with Crippen molar-refractivity contribution in [2.24, 2.45) is 0 Å². The summed E-state index contributed by atoms with van der Waals surface area (Å²) in [7, 11) is 1.60. The topological polar surface area (TPSA) is 48.4 Å². The number of benzene rings is 1. The molecule has 1 heterocycles. The maximum absolute atomic E-state index is 11.6. The van der Waals surface area contributed by atoms with Gasteiger partial charge in [0.25, 0.3) is 0 Å². The minimum atomic E-state index is 0.0326. The van der Waals surface area contributed by atoms with E-state index < -0.39 is 0 Å². The minimum absolute atomic E-state index is 0.0326. The first-order chi connectivity index (χ1) is 10.1. The number of ketones is 1. The Balaban J connectivity index is 1.95. The van der Waals surface area contributed by atoms with E-state index in [1.807, 2.05) is 31.2 Å². The molecule has 2 rings (SSSR count). The molecule has 0 bridgehead atoms. The lowest BCUT2D eigenvalue weighted by Crippen LogP contribution is -2.01. The molecule has 4 nitrogen and oxygen atoms in total. The zero-order chi connectivity index (χ0) is 15.2. The number of thiazole rings is 1. The van der Waals surface area contributed by atoms with Gasteiger partial charge in [0.1, 0.15) is 5.75 Å². The third-order valence-corrected chi connectivity index (χ3v) is 4.21. The Labute approximate surface area is 128 Å². The molecule has 1 aromatic heterocycles. The van der Waals surface area contributed by atoms with E-state index >= 15 is 0 Å². The monoisotopic (exact) mass is 305 g/mol. The largest absolute Gasteiger partial charge is 0.493 e. The highest BCUT2D eigenvalue weighted by atomic mass is 32.1. The van der Waals surface area contributed by atoms with Crippen LogP contribution in [0.1, 0.15) is 32.9 Å². The van der Waals surface area contributed by atoms with Gasteiger partial charge in [-0.15, -0.1) is 11.3 Å². The van der Waals surface area contributed by atoms with Gasteiger partial charge in [0.2, 0.25) is 0 Å². The van der Waals surface area contributed by atoms with Crippen LogP contribution in [-0.4, -0.2) is 24.5 Å². The quantitative estimate of drug-likeness (QED) is 0.735. The molecule has 0 N–H and O–H groups in total. The summed E-state index contributed by atoms with van der Waals surface area (Å²) in [6, 6.07) is 7.94. The number of hydrogen-bond donors (Lipinski definition) is 0. The molecule has 0 saturated heterocycles. The molecule has 0 unspecified atom stereocenters. The second-order valence-corrected chi connectivity index (χ2v) is 5.87. The maximum Gasteiger partial charge on any atom is 0.171 e. The summed E-state index contributed by atoms with van der Waals surface area (Å²) in [5.41, 5.74) is 1.93. The number of aryl methyl sites for hydroxylation is 1. The highest BCUT2D eigenvalue weighted by Gasteiger charge is 2.14. The Hall–Kier alpha value is -1.72. The van der Waals surface area contributed by atoms with Crippen molar-refractivity contribution in [1.29, 1.82) is 0 Å². The van der Waals surface area contributed by atoms with Crippen LogP contribution in [0.5, 0.6) is 5.75 Å². The van der Waals surface area contributed by atoms with Crippen LogP contribution in [0.15, 0.2) is 24.3 Å². The van der Waals surface area contributed by atoms with Gasteiger partial charge in [-0.3, -0.25) is 4.79 Å². The Morgan fingerprint density at radius 3 is 2.62 bits per heavy atom. The average molecular weight is 305 g/mol. The van der Waals surface area contributed by atoms with Gasteiger partial charge in [-0.25, -0.2) is 4.98 Å². The standard InChI is InChI=1S/C16H19NO3S/c1-11-4-6-13(7-5-11)20-9-8-15-17-14(10-19-3)16(21-15)12(2)18/h4-7H,8-10H2,1-3H3. The van der Waals surface area contributed by atoms with Gasteiger partial charge >= 0.3 is 0 Å². The van der Waals surface area contributed by atoms with Crippen LogP contribution in [0.4, 0.5) is 0 Å². The van der Waals surface area contributed by atoms with Crippen LogP contribution in [0, 0.1) is 6.92 Å². The number of rotatable bonds is 7. The smallest absolute Gasteiger partial charge is 0.171 e. The summed E-state index contributed by atoms with van der Waals surface area (Å²) < 4.78 is 10.8. The van der Waals surface area contributed by atoms with E-state index in [9.17, 15) is 4.79 Å². The molecule has 21 heavy (non-hydrogen) atoms. The van der Waals surface area contributed by atoms with Gasteiger partial charge < -0.3 is 9.47 Å². The normalized spacial score (nSPS) is 10.6. The molecule has 0 spiro atoms. The first-order valence-corrected chi connectivity index (χ1v) is 7.59. The number of Topliss-reactive ketones (excluding diaryl/α,β-unsaturated/α-hetero) is 1. The Bertz CT molecular complexity index is 604. The molecule has 0 amide bonds. The highest BCUT2D eigenvalue weighted by molar-refractivity contribution is 7.13. The number of carbonyl (C=O) groups excluding carboxylic acids is 1. The SMILES string of the molecule is COCc1nc(CCOc2ccc(C)cc2)sc1C(C)=O. The lowest BCUT2D eigenvalue weighted by atomic mass is 10.2. The van der Waals surface area contributed by atoms with Crippen LogP contribution in [-0.2, 0) is 17.8 Å². The van der Waals surface area contributed by atoms with Crippen molar-refractivity contribution in [1.82, 2.24) is 4.98 Å². The molecule has 0 aliphatic rings. The zero-order valence-electron chi connectivity index (χ0n) is 12.5. The van der Waals surface area contributed by atoms with Crippen LogP contribution < -0.4 is 4.74 Å². The van der Waals surface area contributed by atoms with Crippen LogP contribution >= 0.6 is 11.3 Å². The van der Waals surface area contributed by atoms with Gasteiger partial charge in [-0.05, 0) is 19.1 Å². The van der Waals surface area contributed by atoms with E-state index in [-0.39, 0.29) is 5.78 Å². The third kappa shape index (κ3) is 4.37. The second kappa shape index (κ2) is 7.33. The molecule has 2 aromatic rings. The summed E-state index contributed by atoms with van der Waals surface area (Å²) in [5.74, 6) is 0.881. The van der Waals surface area contributed by atoms with E-state index in [0.717, 1.165) is 16.5 Å². The van der Waals surface area contributed by atoms with Crippen molar-refractivity contribution in [2.45, 2.75) is 26.9 Å². The number of aromatic nitrogens is 1. The summed E-state index contributed by atoms with van der Waals surface area (Å²) in [6.07, 6.45) is 0.683. The van der Waals surface area contributed by atoms with Crippen LogP contribution in [0.3, 0.4) is 0 Å². The molecular weight excluding hydrogens is 286 g/mol. The van der Waals surface area contributed by atoms with Crippen molar-refractivity contribution < 1.29 is 14.3 Å².